The minimum atomic E-state index is -1.02. The van der Waals surface area contributed by atoms with Crippen LogP contribution in [0.3, 0.4) is 0 Å². The summed E-state index contributed by atoms with van der Waals surface area (Å²) in [5, 5.41) is 2.01. The smallest absolute Gasteiger partial charge is 0.255 e. The van der Waals surface area contributed by atoms with E-state index in [0.717, 1.165) is 12.1 Å². The molecule has 3 N–H and O–H groups in total. The SMILES string of the molecule is Nc1cc(F)cc(F)c1NC(=O)c1ccc(Cl)c(F)c1. The van der Waals surface area contributed by atoms with Gasteiger partial charge in [-0.3, -0.25) is 4.79 Å². The summed E-state index contributed by atoms with van der Waals surface area (Å²) in [6.07, 6.45) is 0. The van der Waals surface area contributed by atoms with Crippen LogP contribution in [-0.2, 0) is 0 Å². The minimum Gasteiger partial charge on any atom is -0.397 e. The van der Waals surface area contributed by atoms with Gasteiger partial charge in [0.1, 0.15) is 17.3 Å². The number of nitrogens with two attached hydrogens (primary N) is 1. The molecule has 0 aliphatic rings. The fourth-order valence-corrected chi connectivity index (χ4v) is 1.67. The maximum atomic E-state index is 13.5. The third-order valence-corrected chi connectivity index (χ3v) is 2.81. The van der Waals surface area contributed by atoms with Gasteiger partial charge >= 0.3 is 0 Å². The first-order valence-corrected chi connectivity index (χ1v) is 5.77. The molecular weight excluding hydrogens is 293 g/mol. The Labute approximate surface area is 117 Å². The first-order chi connectivity index (χ1) is 9.38. The summed E-state index contributed by atoms with van der Waals surface area (Å²) in [6, 6.07) is 4.79. The maximum Gasteiger partial charge on any atom is 0.255 e. The highest BCUT2D eigenvalue weighted by molar-refractivity contribution is 6.30. The molecule has 0 aliphatic heterocycles. The molecule has 0 aliphatic carbocycles. The van der Waals surface area contributed by atoms with Crippen molar-refractivity contribution in [2.24, 2.45) is 0 Å². The summed E-state index contributed by atoms with van der Waals surface area (Å²) < 4.78 is 39.6. The summed E-state index contributed by atoms with van der Waals surface area (Å²) >= 11 is 5.49. The summed E-state index contributed by atoms with van der Waals surface area (Å²) in [7, 11) is 0. The Morgan fingerprint density at radius 2 is 1.80 bits per heavy atom. The number of rotatable bonds is 2. The Hall–Kier alpha value is -2.21. The van der Waals surface area contributed by atoms with Crippen molar-refractivity contribution in [1.82, 2.24) is 0 Å². The first kappa shape index (κ1) is 14.2. The van der Waals surface area contributed by atoms with Crippen LogP contribution < -0.4 is 11.1 Å². The van der Waals surface area contributed by atoms with Crippen LogP contribution in [0.2, 0.25) is 5.02 Å². The van der Waals surface area contributed by atoms with Crippen LogP contribution in [0.15, 0.2) is 30.3 Å². The summed E-state index contributed by atoms with van der Waals surface area (Å²) in [6.45, 7) is 0. The van der Waals surface area contributed by atoms with Gasteiger partial charge in [0, 0.05) is 11.6 Å². The number of hydrogen-bond acceptors (Lipinski definition) is 2. The molecule has 3 nitrogen and oxygen atoms in total. The second-order valence-corrected chi connectivity index (χ2v) is 4.34. The van der Waals surface area contributed by atoms with Gasteiger partial charge < -0.3 is 11.1 Å². The van der Waals surface area contributed by atoms with Gasteiger partial charge in [-0.15, -0.1) is 0 Å². The van der Waals surface area contributed by atoms with Crippen LogP contribution in [-0.4, -0.2) is 5.91 Å². The van der Waals surface area contributed by atoms with E-state index in [1.165, 1.54) is 12.1 Å². The van der Waals surface area contributed by atoms with E-state index in [4.69, 9.17) is 17.3 Å². The normalized spacial score (nSPS) is 10.4. The van der Waals surface area contributed by atoms with Crippen molar-refractivity contribution in [2.45, 2.75) is 0 Å². The van der Waals surface area contributed by atoms with E-state index in [2.05, 4.69) is 5.32 Å². The van der Waals surface area contributed by atoms with Gasteiger partial charge in [0.25, 0.3) is 5.91 Å². The van der Waals surface area contributed by atoms with Gasteiger partial charge in [-0.05, 0) is 24.3 Å². The molecular formula is C13H8ClF3N2O. The average molecular weight is 301 g/mol. The molecule has 2 aromatic rings. The van der Waals surface area contributed by atoms with Crippen LogP contribution in [0.25, 0.3) is 0 Å². The quantitative estimate of drug-likeness (QED) is 0.833. The molecule has 7 heteroatoms. The minimum absolute atomic E-state index is 0.0741. The Morgan fingerprint density at radius 3 is 2.40 bits per heavy atom. The Kier molecular flexibility index (Phi) is 3.85. The zero-order chi connectivity index (χ0) is 14.9. The van der Waals surface area contributed by atoms with Crippen molar-refractivity contribution < 1.29 is 18.0 Å². The summed E-state index contributed by atoms with van der Waals surface area (Å²) in [5.74, 6) is -3.47. The average Bonchev–Trinajstić information content (AvgIpc) is 2.36. The lowest BCUT2D eigenvalue weighted by Crippen LogP contribution is -2.15. The molecule has 0 saturated carbocycles. The standard InChI is InChI=1S/C13H8ClF3N2O/c14-8-2-1-6(3-9(8)16)13(20)19-12-10(17)4-7(15)5-11(12)18/h1-5H,18H2,(H,19,20). The lowest BCUT2D eigenvalue weighted by Gasteiger charge is -2.09. The fourth-order valence-electron chi connectivity index (χ4n) is 1.55. The van der Waals surface area contributed by atoms with Crippen LogP contribution in [0.5, 0.6) is 0 Å². The zero-order valence-electron chi connectivity index (χ0n) is 9.88. The third kappa shape index (κ3) is 2.85. The molecule has 0 spiro atoms. The largest absolute Gasteiger partial charge is 0.397 e. The molecule has 104 valence electrons. The second kappa shape index (κ2) is 5.42. The van der Waals surface area contributed by atoms with Crippen molar-refractivity contribution in [3.8, 4) is 0 Å². The third-order valence-electron chi connectivity index (χ3n) is 2.51. The van der Waals surface area contributed by atoms with Crippen molar-refractivity contribution in [3.05, 3.63) is 58.4 Å². The molecule has 0 atom stereocenters. The van der Waals surface area contributed by atoms with Gasteiger partial charge in [-0.1, -0.05) is 11.6 Å². The summed E-state index contributed by atoms with van der Waals surface area (Å²) in [4.78, 5) is 11.8. The van der Waals surface area contributed by atoms with Crippen molar-refractivity contribution in [3.63, 3.8) is 0 Å². The van der Waals surface area contributed by atoms with Crippen molar-refractivity contribution in [1.29, 1.82) is 0 Å². The number of hydrogen-bond donors (Lipinski definition) is 2. The zero-order valence-corrected chi connectivity index (χ0v) is 10.6. The molecule has 20 heavy (non-hydrogen) atoms. The Morgan fingerprint density at radius 1 is 1.10 bits per heavy atom. The van der Waals surface area contributed by atoms with Crippen LogP contribution in [0, 0.1) is 17.5 Å². The molecule has 1 amide bonds. The molecule has 0 radical (unpaired) electrons. The van der Waals surface area contributed by atoms with E-state index >= 15 is 0 Å². The van der Waals surface area contributed by atoms with E-state index < -0.39 is 23.4 Å². The first-order valence-electron chi connectivity index (χ1n) is 5.39. The van der Waals surface area contributed by atoms with Crippen LogP contribution in [0.1, 0.15) is 10.4 Å². The van der Waals surface area contributed by atoms with Crippen molar-refractivity contribution in [2.75, 3.05) is 11.1 Å². The number of carbonyl (C=O) groups excluding carboxylic acids is 1. The molecule has 0 aromatic heterocycles. The molecule has 2 aromatic carbocycles. The molecule has 0 unspecified atom stereocenters. The number of nitrogens with one attached hydrogen (secondary N) is 1. The summed E-state index contributed by atoms with van der Waals surface area (Å²) in [5.41, 5.74) is 4.70. The molecule has 0 saturated heterocycles. The molecule has 0 fully saturated rings. The Bertz CT molecular complexity index is 668. The number of benzene rings is 2. The Balaban J connectivity index is 2.30. The van der Waals surface area contributed by atoms with E-state index in [1.54, 1.807) is 0 Å². The van der Waals surface area contributed by atoms with E-state index in [9.17, 15) is 18.0 Å². The van der Waals surface area contributed by atoms with Gasteiger partial charge in [-0.2, -0.15) is 0 Å². The number of halogens is 4. The maximum absolute atomic E-state index is 13.5. The monoisotopic (exact) mass is 300 g/mol. The van der Waals surface area contributed by atoms with E-state index in [0.29, 0.717) is 6.07 Å². The van der Waals surface area contributed by atoms with Gasteiger partial charge in [-0.25, -0.2) is 13.2 Å². The highest BCUT2D eigenvalue weighted by Crippen LogP contribution is 2.25. The van der Waals surface area contributed by atoms with Crippen molar-refractivity contribution >= 4 is 28.9 Å². The topological polar surface area (TPSA) is 55.1 Å². The lowest BCUT2D eigenvalue weighted by atomic mass is 10.2. The van der Waals surface area contributed by atoms with Gasteiger partial charge in [0.15, 0.2) is 5.82 Å². The predicted octanol–water partition coefficient (Wildman–Crippen LogP) is 3.59. The molecule has 0 heterocycles. The molecule has 2 rings (SSSR count). The van der Waals surface area contributed by atoms with Crippen LogP contribution in [0.4, 0.5) is 24.5 Å². The number of carbonyl (C=O) groups is 1. The van der Waals surface area contributed by atoms with Gasteiger partial charge in [0.05, 0.1) is 10.7 Å². The molecule has 0 bridgehead atoms. The number of amides is 1. The highest BCUT2D eigenvalue weighted by Gasteiger charge is 2.14. The number of anilines is 2. The number of nitrogen functional groups attached to an aromatic ring is 1. The fraction of sp³-hybridized carbons (Fsp3) is 0. The lowest BCUT2D eigenvalue weighted by molar-refractivity contribution is 0.102. The van der Waals surface area contributed by atoms with Crippen LogP contribution >= 0.6 is 11.6 Å². The second-order valence-electron chi connectivity index (χ2n) is 3.93. The predicted molar refractivity (Wildman–Crippen MR) is 70.1 cm³/mol. The highest BCUT2D eigenvalue weighted by atomic mass is 35.5. The van der Waals surface area contributed by atoms with E-state index in [1.807, 2.05) is 0 Å². The van der Waals surface area contributed by atoms with Gasteiger partial charge in [0.2, 0.25) is 0 Å². The van der Waals surface area contributed by atoms with E-state index in [-0.39, 0.29) is 22.0 Å².